The van der Waals surface area contributed by atoms with E-state index in [9.17, 15) is 8.42 Å². The van der Waals surface area contributed by atoms with Crippen LogP contribution < -0.4 is 5.14 Å². The van der Waals surface area contributed by atoms with E-state index in [1.807, 2.05) is 0 Å². The first-order valence-corrected chi connectivity index (χ1v) is 5.59. The summed E-state index contributed by atoms with van der Waals surface area (Å²) in [5, 5.41) is 5.03. The smallest absolute Gasteiger partial charge is 0.216 e. The molecular weight excluding hydrogens is 176 g/mol. The zero-order valence-corrected chi connectivity index (χ0v) is 8.39. The van der Waals surface area contributed by atoms with Gasteiger partial charge in [-0.05, 0) is 18.3 Å². The second-order valence-corrected chi connectivity index (χ2v) is 5.69. The van der Waals surface area contributed by atoms with E-state index in [2.05, 4.69) is 13.8 Å². The van der Waals surface area contributed by atoms with Crippen molar-refractivity contribution in [2.45, 2.75) is 26.7 Å². The Balaban J connectivity index is 2.71. The molecule has 2 N–H and O–H groups in total. The Bertz CT molecular complexity index is 259. The highest BCUT2D eigenvalue weighted by atomic mass is 32.2. The molecule has 1 fully saturated rings. The van der Waals surface area contributed by atoms with E-state index < -0.39 is 10.2 Å². The first kappa shape index (κ1) is 9.95. The minimum Gasteiger partial charge on any atom is -0.216 e. The topological polar surface area (TPSA) is 63.4 Å². The third kappa shape index (κ3) is 2.43. The van der Waals surface area contributed by atoms with E-state index in [-0.39, 0.29) is 5.41 Å². The van der Waals surface area contributed by atoms with Gasteiger partial charge in [0.1, 0.15) is 0 Å². The van der Waals surface area contributed by atoms with Crippen molar-refractivity contribution in [3.05, 3.63) is 0 Å². The molecule has 1 aliphatic rings. The van der Waals surface area contributed by atoms with Crippen LogP contribution in [0.15, 0.2) is 0 Å². The molecule has 72 valence electrons. The van der Waals surface area contributed by atoms with Crippen molar-refractivity contribution in [3.8, 4) is 0 Å². The second-order valence-electron chi connectivity index (χ2n) is 4.15. The lowest BCUT2D eigenvalue weighted by molar-refractivity contribution is 0.187. The first-order chi connectivity index (χ1) is 5.31. The monoisotopic (exact) mass is 192 g/mol. The maximum absolute atomic E-state index is 11.0. The molecule has 4 nitrogen and oxygen atoms in total. The first-order valence-electron chi connectivity index (χ1n) is 4.09. The van der Waals surface area contributed by atoms with Crippen LogP contribution in [0.4, 0.5) is 0 Å². The third-order valence-corrected chi connectivity index (χ3v) is 3.26. The van der Waals surface area contributed by atoms with Crippen LogP contribution in [0.5, 0.6) is 0 Å². The molecule has 0 saturated carbocycles. The molecule has 1 aliphatic heterocycles. The van der Waals surface area contributed by atoms with Gasteiger partial charge in [-0.25, -0.2) is 5.14 Å². The molecule has 0 aliphatic carbocycles. The summed E-state index contributed by atoms with van der Waals surface area (Å²) in [5.41, 5.74) is 0.0741. The number of rotatable bonds is 1. The van der Waals surface area contributed by atoms with Crippen molar-refractivity contribution in [2.75, 3.05) is 13.1 Å². The Morgan fingerprint density at radius 2 is 2.00 bits per heavy atom. The van der Waals surface area contributed by atoms with Gasteiger partial charge in [0.05, 0.1) is 0 Å². The van der Waals surface area contributed by atoms with Crippen LogP contribution in [0, 0.1) is 5.41 Å². The van der Waals surface area contributed by atoms with Crippen molar-refractivity contribution < 1.29 is 8.42 Å². The average Bonchev–Trinajstić information content (AvgIpc) is 1.83. The van der Waals surface area contributed by atoms with Gasteiger partial charge in [-0.3, -0.25) is 0 Å². The molecule has 0 radical (unpaired) electrons. The summed E-state index contributed by atoms with van der Waals surface area (Å²) in [7, 11) is -3.46. The van der Waals surface area contributed by atoms with Crippen LogP contribution in [-0.2, 0) is 10.2 Å². The molecule has 1 saturated heterocycles. The van der Waals surface area contributed by atoms with Gasteiger partial charge in [-0.1, -0.05) is 13.8 Å². The normalized spacial score (nSPS) is 25.6. The van der Waals surface area contributed by atoms with Gasteiger partial charge in [-0.15, -0.1) is 0 Å². The lowest BCUT2D eigenvalue weighted by atomic mass is 9.85. The van der Waals surface area contributed by atoms with Gasteiger partial charge in [0.25, 0.3) is 10.2 Å². The summed E-state index contributed by atoms with van der Waals surface area (Å²) in [5.74, 6) is 0. The fourth-order valence-corrected chi connectivity index (χ4v) is 2.50. The molecule has 0 aromatic carbocycles. The summed E-state index contributed by atoms with van der Waals surface area (Å²) in [6.07, 6.45) is 1.97. The van der Waals surface area contributed by atoms with Crippen LogP contribution in [0.1, 0.15) is 26.7 Å². The van der Waals surface area contributed by atoms with Gasteiger partial charge in [0.2, 0.25) is 0 Å². The second kappa shape index (κ2) is 2.97. The largest absolute Gasteiger partial charge is 0.276 e. The lowest BCUT2D eigenvalue weighted by Gasteiger charge is -2.35. The van der Waals surface area contributed by atoms with Gasteiger partial charge in [-0.2, -0.15) is 12.7 Å². The van der Waals surface area contributed by atoms with Crippen molar-refractivity contribution in [1.82, 2.24) is 4.31 Å². The van der Waals surface area contributed by atoms with Crippen LogP contribution in [-0.4, -0.2) is 25.8 Å². The predicted octanol–water partition coefficient (Wildman–Crippen LogP) is 0.312. The SMILES string of the molecule is CC1(C)CCCN(S(N)(=O)=O)C1. The fourth-order valence-electron chi connectivity index (χ4n) is 1.59. The highest BCUT2D eigenvalue weighted by molar-refractivity contribution is 7.86. The molecule has 5 heteroatoms. The van der Waals surface area contributed by atoms with E-state index in [0.29, 0.717) is 13.1 Å². The van der Waals surface area contributed by atoms with Gasteiger partial charge in [0, 0.05) is 13.1 Å². The zero-order chi connectivity index (χ0) is 9.41. The van der Waals surface area contributed by atoms with Crippen molar-refractivity contribution in [1.29, 1.82) is 0 Å². The minimum absolute atomic E-state index is 0.0741. The van der Waals surface area contributed by atoms with Gasteiger partial charge in [0.15, 0.2) is 0 Å². The summed E-state index contributed by atoms with van der Waals surface area (Å²) >= 11 is 0. The molecule has 0 aromatic heterocycles. The molecule has 0 bridgehead atoms. The average molecular weight is 192 g/mol. The van der Waals surface area contributed by atoms with Gasteiger partial charge < -0.3 is 0 Å². The number of hydrogen-bond donors (Lipinski definition) is 1. The summed E-state index contributed by atoms with van der Waals surface area (Å²) in [6.45, 7) is 5.24. The van der Waals surface area contributed by atoms with Crippen molar-refractivity contribution >= 4 is 10.2 Å². The van der Waals surface area contributed by atoms with E-state index in [0.717, 1.165) is 12.8 Å². The maximum Gasteiger partial charge on any atom is 0.276 e. The molecule has 1 heterocycles. The van der Waals surface area contributed by atoms with Crippen molar-refractivity contribution in [2.24, 2.45) is 10.6 Å². The highest BCUT2D eigenvalue weighted by Crippen LogP contribution is 2.28. The predicted molar refractivity (Wildman–Crippen MR) is 47.7 cm³/mol. The molecule has 12 heavy (non-hydrogen) atoms. The standard InChI is InChI=1S/C7H16N2O2S/c1-7(2)4-3-5-9(6-7)12(8,10)11/h3-6H2,1-2H3,(H2,8,10,11). The van der Waals surface area contributed by atoms with E-state index in [1.54, 1.807) is 0 Å². The molecular formula is C7H16N2O2S. The molecule has 0 amide bonds. The van der Waals surface area contributed by atoms with Crippen LogP contribution >= 0.6 is 0 Å². The molecule has 0 unspecified atom stereocenters. The zero-order valence-electron chi connectivity index (χ0n) is 7.58. The Morgan fingerprint density at radius 3 is 2.33 bits per heavy atom. The number of hydrogen-bond acceptors (Lipinski definition) is 2. The molecule has 0 aromatic rings. The Labute approximate surface area is 73.9 Å². The van der Waals surface area contributed by atoms with E-state index in [1.165, 1.54) is 4.31 Å². The number of nitrogens with zero attached hydrogens (tertiary/aromatic N) is 1. The third-order valence-electron chi connectivity index (χ3n) is 2.23. The molecule has 0 spiro atoms. The Hall–Kier alpha value is -0.130. The summed E-state index contributed by atoms with van der Waals surface area (Å²) < 4.78 is 23.3. The number of nitrogens with two attached hydrogens (primary N) is 1. The van der Waals surface area contributed by atoms with Crippen LogP contribution in [0.3, 0.4) is 0 Å². The summed E-state index contributed by atoms with van der Waals surface area (Å²) in [4.78, 5) is 0. The number of piperidine rings is 1. The van der Waals surface area contributed by atoms with Gasteiger partial charge >= 0.3 is 0 Å². The van der Waals surface area contributed by atoms with Crippen LogP contribution in [0.2, 0.25) is 0 Å². The molecule has 0 atom stereocenters. The quantitative estimate of drug-likeness (QED) is 0.650. The highest BCUT2D eigenvalue weighted by Gasteiger charge is 2.31. The summed E-state index contributed by atoms with van der Waals surface area (Å²) in [6, 6.07) is 0. The van der Waals surface area contributed by atoms with Crippen LogP contribution in [0.25, 0.3) is 0 Å². The van der Waals surface area contributed by atoms with E-state index in [4.69, 9.17) is 5.14 Å². The molecule has 1 rings (SSSR count). The Morgan fingerprint density at radius 1 is 1.42 bits per heavy atom. The fraction of sp³-hybridized carbons (Fsp3) is 1.00. The minimum atomic E-state index is -3.46. The lowest BCUT2D eigenvalue weighted by Crippen LogP contribution is -2.46. The maximum atomic E-state index is 11.0. The van der Waals surface area contributed by atoms with E-state index >= 15 is 0 Å². The van der Waals surface area contributed by atoms with Crippen molar-refractivity contribution in [3.63, 3.8) is 0 Å². The Kier molecular flexibility index (Phi) is 2.47.